The topological polar surface area (TPSA) is 114 Å². The van der Waals surface area contributed by atoms with Crippen LogP contribution in [0.1, 0.15) is 11.5 Å². The van der Waals surface area contributed by atoms with Crippen molar-refractivity contribution in [1.29, 1.82) is 0 Å². The van der Waals surface area contributed by atoms with Crippen LogP contribution in [-0.4, -0.2) is 60.7 Å². The van der Waals surface area contributed by atoms with Gasteiger partial charge in [0, 0.05) is 50.6 Å². The van der Waals surface area contributed by atoms with Crippen molar-refractivity contribution in [1.82, 2.24) is 39.8 Å². The minimum atomic E-state index is 0.446. The number of piperazine rings is 1. The van der Waals surface area contributed by atoms with E-state index in [-0.39, 0.29) is 0 Å². The third-order valence-electron chi connectivity index (χ3n) is 6.27. The van der Waals surface area contributed by atoms with Crippen molar-refractivity contribution in [2.24, 2.45) is 7.05 Å². The lowest BCUT2D eigenvalue weighted by atomic mass is 10.0. The number of aromatic nitrogens is 7. The molecule has 0 aliphatic carbocycles. The second-order valence-corrected chi connectivity index (χ2v) is 8.69. The largest absolute Gasteiger partial charge is 0.368 e. The zero-order chi connectivity index (χ0) is 23.9. The smallest absolute Gasteiger partial charge is 0.246 e. The standard InChI is InChI=1S/C24H26N10O/c1-15-22(16(2)35-31-15)23-20(17-11-28-32(3)14-17)10-19-13-27-24(30-34(19)23)29-21-5-4-18(12-26-21)33-8-6-25-7-9-33/h4-5,10-14,25H,6-9H2,1-3H3,(H,26,29,30). The third kappa shape index (κ3) is 3.89. The highest BCUT2D eigenvalue weighted by molar-refractivity contribution is 5.87. The van der Waals surface area contributed by atoms with Gasteiger partial charge in [-0.15, -0.1) is 5.10 Å². The lowest BCUT2D eigenvalue weighted by Crippen LogP contribution is -2.43. The molecule has 11 nitrogen and oxygen atoms in total. The van der Waals surface area contributed by atoms with Gasteiger partial charge in [0.1, 0.15) is 11.6 Å². The number of hydrogen-bond donors (Lipinski definition) is 2. The van der Waals surface area contributed by atoms with Gasteiger partial charge in [0.2, 0.25) is 5.95 Å². The molecule has 0 amide bonds. The molecule has 178 valence electrons. The molecule has 0 atom stereocenters. The van der Waals surface area contributed by atoms with Gasteiger partial charge >= 0.3 is 0 Å². The molecule has 0 aromatic carbocycles. The quantitative estimate of drug-likeness (QED) is 0.400. The number of pyridine rings is 1. The van der Waals surface area contributed by atoms with Crippen LogP contribution in [0, 0.1) is 13.8 Å². The molecule has 0 unspecified atom stereocenters. The first-order chi connectivity index (χ1) is 17.1. The Balaban J connectivity index is 1.39. The number of nitrogens with zero attached hydrogens (tertiary/aromatic N) is 8. The average molecular weight is 471 g/mol. The van der Waals surface area contributed by atoms with E-state index in [0.29, 0.717) is 11.8 Å². The van der Waals surface area contributed by atoms with Crippen LogP contribution >= 0.6 is 0 Å². The summed E-state index contributed by atoms with van der Waals surface area (Å²) < 4.78 is 9.15. The van der Waals surface area contributed by atoms with E-state index in [4.69, 9.17) is 9.62 Å². The summed E-state index contributed by atoms with van der Waals surface area (Å²) in [5.74, 6) is 1.86. The minimum absolute atomic E-state index is 0.446. The van der Waals surface area contributed by atoms with Crippen molar-refractivity contribution in [3.8, 4) is 22.4 Å². The predicted molar refractivity (Wildman–Crippen MR) is 133 cm³/mol. The molecule has 5 aromatic heterocycles. The van der Waals surface area contributed by atoms with Crippen molar-refractivity contribution in [2.75, 3.05) is 36.4 Å². The number of anilines is 3. The fraction of sp³-hybridized carbons (Fsp3) is 0.292. The molecule has 6 heterocycles. The molecule has 0 bridgehead atoms. The fourth-order valence-corrected chi connectivity index (χ4v) is 4.55. The van der Waals surface area contributed by atoms with E-state index >= 15 is 0 Å². The first kappa shape index (κ1) is 21.3. The zero-order valence-corrected chi connectivity index (χ0v) is 19.9. The first-order valence-electron chi connectivity index (χ1n) is 11.6. The molecular formula is C24H26N10O. The van der Waals surface area contributed by atoms with E-state index in [9.17, 15) is 0 Å². The summed E-state index contributed by atoms with van der Waals surface area (Å²) >= 11 is 0. The minimum Gasteiger partial charge on any atom is -0.368 e. The maximum absolute atomic E-state index is 5.49. The molecule has 2 N–H and O–H groups in total. The van der Waals surface area contributed by atoms with Crippen molar-refractivity contribution >= 4 is 23.0 Å². The molecule has 0 spiro atoms. The molecule has 1 aliphatic rings. The number of fused-ring (bicyclic) bond motifs is 1. The predicted octanol–water partition coefficient (Wildman–Crippen LogP) is 2.95. The maximum Gasteiger partial charge on any atom is 0.246 e. The monoisotopic (exact) mass is 470 g/mol. The molecule has 1 fully saturated rings. The molecule has 0 radical (unpaired) electrons. The SMILES string of the molecule is Cc1noc(C)c1-c1c(-c2cnn(C)c2)cc2cnc(Nc3ccc(N4CCNCC4)cn3)nn12. The van der Waals surface area contributed by atoms with Gasteiger partial charge in [-0.2, -0.15) is 5.10 Å². The first-order valence-corrected chi connectivity index (χ1v) is 11.6. The van der Waals surface area contributed by atoms with E-state index in [1.54, 1.807) is 10.9 Å². The summed E-state index contributed by atoms with van der Waals surface area (Å²) in [6.07, 6.45) is 7.50. The number of aryl methyl sites for hydroxylation is 3. The van der Waals surface area contributed by atoms with Gasteiger partial charge in [0.15, 0.2) is 0 Å². The van der Waals surface area contributed by atoms with Crippen LogP contribution in [0.25, 0.3) is 27.9 Å². The molecule has 1 aliphatic heterocycles. The van der Waals surface area contributed by atoms with Gasteiger partial charge in [-0.25, -0.2) is 14.5 Å². The second-order valence-electron chi connectivity index (χ2n) is 8.69. The van der Waals surface area contributed by atoms with Crippen LogP contribution in [-0.2, 0) is 7.05 Å². The van der Waals surface area contributed by atoms with E-state index in [0.717, 1.165) is 71.2 Å². The van der Waals surface area contributed by atoms with Crippen molar-refractivity contribution in [3.63, 3.8) is 0 Å². The summed E-state index contributed by atoms with van der Waals surface area (Å²) in [7, 11) is 1.90. The van der Waals surface area contributed by atoms with Gasteiger partial charge in [0.25, 0.3) is 0 Å². The van der Waals surface area contributed by atoms with Gasteiger partial charge in [0.05, 0.1) is 46.7 Å². The van der Waals surface area contributed by atoms with E-state index in [2.05, 4.69) is 47.9 Å². The summed E-state index contributed by atoms with van der Waals surface area (Å²) in [5, 5.41) is 19.9. The Bertz CT molecular complexity index is 1470. The zero-order valence-electron chi connectivity index (χ0n) is 19.9. The molecule has 6 rings (SSSR count). The van der Waals surface area contributed by atoms with Crippen molar-refractivity contribution in [3.05, 3.63) is 54.4 Å². The lowest BCUT2D eigenvalue weighted by molar-refractivity contribution is 0.393. The highest BCUT2D eigenvalue weighted by Gasteiger charge is 2.23. The van der Waals surface area contributed by atoms with Crippen LogP contribution < -0.4 is 15.5 Å². The van der Waals surface area contributed by atoms with Crippen LogP contribution in [0.3, 0.4) is 0 Å². The van der Waals surface area contributed by atoms with Gasteiger partial charge in [-0.1, -0.05) is 5.16 Å². The molecule has 35 heavy (non-hydrogen) atoms. The Morgan fingerprint density at radius 1 is 1.06 bits per heavy atom. The Hall–Kier alpha value is -4.25. The third-order valence-corrected chi connectivity index (χ3v) is 6.27. The second kappa shape index (κ2) is 8.51. The van der Waals surface area contributed by atoms with E-state index in [1.807, 2.05) is 50.1 Å². The number of nitrogens with one attached hydrogen (secondary N) is 2. The van der Waals surface area contributed by atoms with Gasteiger partial charge < -0.3 is 20.1 Å². The van der Waals surface area contributed by atoms with Crippen molar-refractivity contribution in [2.45, 2.75) is 13.8 Å². The highest BCUT2D eigenvalue weighted by atomic mass is 16.5. The molecule has 5 aromatic rings. The molecule has 11 heteroatoms. The Labute approximate surface area is 201 Å². The van der Waals surface area contributed by atoms with Crippen LogP contribution in [0.4, 0.5) is 17.5 Å². The normalized spacial score (nSPS) is 14.1. The highest BCUT2D eigenvalue weighted by Crippen LogP contribution is 2.37. The summed E-state index contributed by atoms with van der Waals surface area (Å²) in [4.78, 5) is 11.4. The summed E-state index contributed by atoms with van der Waals surface area (Å²) in [6.45, 7) is 7.77. The Kier molecular flexibility index (Phi) is 5.18. The van der Waals surface area contributed by atoms with Gasteiger partial charge in [-0.3, -0.25) is 4.68 Å². The molecule has 1 saturated heterocycles. The molecular weight excluding hydrogens is 444 g/mol. The van der Waals surface area contributed by atoms with Crippen molar-refractivity contribution < 1.29 is 4.52 Å². The summed E-state index contributed by atoms with van der Waals surface area (Å²) in [5.41, 5.74) is 6.52. The average Bonchev–Trinajstić information content (AvgIpc) is 3.56. The van der Waals surface area contributed by atoms with E-state index in [1.165, 1.54) is 0 Å². The van der Waals surface area contributed by atoms with Crippen LogP contribution in [0.2, 0.25) is 0 Å². The Morgan fingerprint density at radius 3 is 2.60 bits per heavy atom. The number of hydrogen-bond acceptors (Lipinski definition) is 9. The van der Waals surface area contributed by atoms with E-state index < -0.39 is 0 Å². The lowest BCUT2D eigenvalue weighted by Gasteiger charge is -2.29. The van der Waals surface area contributed by atoms with Gasteiger partial charge in [-0.05, 0) is 32.0 Å². The summed E-state index contributed by atoms with van der Waals surface area (Å²) in [6, 6.07) is 6.09. The number of rotatable bonds is 5. The fourth-order valence-electron chi connectivity index (χ4n) is 4.55. The maximum atomic E-state index is 5.49. The van der Waals surface area contributed by atoms with Crippen LogP contribution in [0.15, 0.2) is 47.5 Å². The molecule has 0 saturated carbocycles. The van der Waals surface area contributed by atoms with Crippen LogP contribution in [0.5, 0.6) is 0 Å². The Morgan fingerprint density at radius 2 is 1.91 bits per heavy atom.